The number of nitrogens with one attached hydrogen (secondary N) is 1. The molecule has 0 aromatic heterocycles. The second-order valence-electron chi connectivity index (χ2n) is 8.41. The van der Waals surface area contributed by atoms with Crippen LogP contribution in [0.15, 0.2) is 12.2 Å². The number of unbranched alkanes of at least 4 members (excludes halogenated alkanes) is 11. The van der Waals surface area contributed by atoms with Crippen molar-refractivity contribution in [1.29, 1.82) is 0 Å². The predicted molar refractivity (Wildman–Crippen MR) is 131 cm³/mol. The van der Waals surface area contributed by atoms with Crippen LogP contribution in [-0.4, -0.2) is 49.3 Å². The van der Waals surface area contributed by atoms with E-state index in [9.17, 15) is 14.4 Å². The zero-order valence-corrected chi connectivity index (χ0v) is 20.8. The molecule has 0 aliphatic carbocycles. The first-order valence-electron chi connectivity index (χ1n) is 12.9. The van der Waals surface area contributed by atoms with Gasteiger partial charge < -0.3 is 19.9 Å². The molecule has 192 valence electrons. The molecule has 0 fully saturated rings. The fourth-order valence-corrected chi connectivity index (χ4v) is 3.30. The van der Waals surface area contributed by atoms with Crippen LogP contribution in [0.5, 0.6) is 0 Å². The standard InChI is InChI=1S/C26H47NO6/c1-2-3-4-5-6-7-8-9-10-11-12-13-14-15-16-17-24(28)27-20-21-32-22-23-33-26(31)19-18-25(29)30/h9-10H,2-8,11-23H2,1H3,(H,27,28)(H,29,30). The van der Waals surface area contributed by atoms with Crippen molar-refractivity contribution in [2.45, 2.75) is 110 Å². The highest BCUT2D eigenvalue weighted by Crippen LogP contribution is 2.10. The second-order valence-corrected chi connectivity index (χ2v) is 8.41. The van der Waals surface area contributed by atoms with Crippen LogP contribution in [-0.2, 0) is 23.9 Å². The molecule has 0 bridgehead atoms. The van der Waals surface area contributed by atoms with Crippen LogP contribution < -0.4 is 5.32 Å². The smallest absolute Gasteiger partial charge is 0.306 e. The molecular formula is C26H47NO6. The maximum atomic E-state index is 11.8. The van der Waals surface area contributed by atoms with E-state index in [2.05, 4.69) is 24.4 Å². The summed E-state index contributed by atoms with van der Waals surface area (Å²) in [5.74, 6) is -1.54. The normalized spacial score (nSPS) is 11.1. The van der Waals surface area contributed by atoms with E-state index in [4.69, 9.17) is 14.6 Å². The summed E-state index contributed by atoms with van der Waals surface area (Å²) in [7, 11) is 0. The molecule has 0 aromatic carbocycles. The molecule has 0 saturated carbocycles. The highest BCUT2D eigenvalue weighted by molar-refractivity contribution is 5.76. The first-order valence-corrected chi connectivity index (χ1v) is 12.9. The van der Waals surface area contributed by atoms with Gasteiger partial charge in [-0.25, -0.2) is 0 Å². The van der Waals surface area contributed by atoms with Gasteiger partial charge in [0.25, 0.3) is 0 Å². The van der Waals surface area contributed by atoms with Crippen molar-refractivity contribution in [3.8, 4) is 0 Å². The van der Waals surface area contributed by atoms with Crippen molar-refractivity contribution in [2.24, 2.45) is 0 Å². The number of ether oxygens (including phenoxy) is 2. The number of carbonyl (C=O) groups is 3. The Morgan fingerprint density at radius 3 is 1.97 bits per heavy atom. The summed E-state index contributed by atoms with van der Waals surface area (Å²) in [6.07, 6.45) is 21.0. The molecule has 2 N–H and O–H groups in total. The van der Waals surface area contributed by atoms with Gasteiger partial charge in [-0.3, -0.25) is 14.4 Å². The van der Waals surface area contributed by atoms with Gasteiger partial charge in [0.15, 0.2) is 0 Å². The average Bonchev–Trinajstić information content (AvgIpc) is 2.79. The number of carbonyl (C=O) groups excluding carboxylic acids is 2. The fraction of sp³-hybridized carbons (Fsp3) is 0.808. The molecule has 0 aromatic rings. The molecule has 0 radical (unpaired) electrons. The Kier molecular flexibility index (Phi) is 23.3. The Labute approximate surface area is 200 Å². The highest BCUT2D eigenvalue weighted by atomic mass is 16.6. The highest BCUT2D eigenvalue weighted by Gasteiger charge is 2.06. The Morgan fingerprint density at radius 2 is 1.33 bits per heavy atom. The van der Waals surface area contributed by atoms with Gasteiger partial charge in [-0.05, 0) is 32.1 Å². The summed E-state index contributed by atoms with van der Waals surface area (Å²) >= 11 is 0. The molecule has 0 unspecified atom stereocenters. The quantitative estimate of drug-likeness (QED) is 0.109. The van der Waals surface area contributed by atoms with Gasteiger partial charge in [0.2, 0.25) is 5.91 Å². The van der Waals surface area contributed by atoms with Crippen molar-refractivity contribution in [3.05, 3.63) is 12.2 Å². The number of aliphatic carboxylic acids is 1. The molecule has 7 heteroatoms. The summed E-state index contributed by atoms with van der Waals surface area (Å²) in [6.45, 7) is 3.34. The van der Waals surface area contributed by atoms with E-state index in [-0.39, 0.29) is 32.0 Å². The first kappa shape index (κ1) is 31.1. The number of rotatable bonds is 24. The predicted octanol–water partition coefficient (Wildman–Crippen LogP) is 5.56. The minimum atomic E-state index is -1.03. The summed E-state index contributed by atoms with van der Waals surface area (Å²) < 4.78 is 10.1. The number of carboxylic acid groups (broad SMARTS) is 1. The first-order chi connectivity index (χ1) is 16.1. The third-order valence-corrected chi connectivity index (χ3v) is 5.27. The zero-order valence-electron chi connectivity index (χ0n) is 20.8. The van der Waals surface area contributed by atoms with E-state index in [1.54, 1.807) is 0 Å². The van der Waals surface area contributed by atoms with Crippen molar-refractivity contribution in [1.82, 2.24) is 5.32 Å². The largest absolute Gasteiger partial charge is 0.481 e. The maximum Gasteiger partial charge on any atom is 0.306 e. The summed E-state index contributed by atoms with van der Waals surface area (Å²) in [4.78, 5) is 33.3. The van der Waals surface area contributed by atoms with E-state index >= 15 is 0 Å². The van der Waals surface area contributed by atoms with Crippen LogP contribution in [0, 0.1) is 0 Å². The van der Waals surface area contributed by atoms with Gasteiger partial charge in [-0.2, -0.15) is 0 Å². The van der Waals surface area contributed by atoms with E-state index in [0.717, 1.165) is 19.3 Å². The Bertz CT molecular complexity index is 521. The lowest BCUT2D eigenvalue weighted by Crippen LogP contribution is -2.27. The molecule has 0 aliphatic heterocycles. The third-order valence-electron chi connectivity index (χ3n) is 5.27. The van der Waals surface area contributed by atoms with Gasteiger partial charge in [0.05, 0.1) is 26.1 Å². The van der Waals surface area contributed by atoms with Crippen LogP contribution >= 0.6 is 0 Å². The Morgan fingerprint density at radius 1 is 0.727 bits per heavy atom. The molecular weight excluding hydrogens is 422 g/mol. The number of amides is 1. The number of hydrogen-bond acceptors (Lipinski definition) is 5. The van der Waals surface area contributed by atoms with E-state index < -0.39 is 11.9 Å². The molecule has 0 spiro atoms. The number of carboxylic acids is 1. The van der Waals surface area contributed by atoms with Gasteiger partial charge in [-0.1, -0.05) is 70.4 Å². The molecule has 0 saturated heterocycles. The Balaban J connectivity index is 3.29. The summed E-state index contributed by atoms with van der Waals surface area (Å²) in [5.41, 5.74) is 0. The van der Waals surface area contributed by atoms with Crippen LogP contribution in [0.25, 0.3) is 0 Å². The van der Waals surface area contributed by atoms with Crippen molar-refractivity contribution in [2.75, 3.05) is 26.4 Å². The topological polar surface area (TPSA) is 102 Å². The van der Waals surface area contributed by atoms with Crippen LogP contribution in [0.1, 0.15) is 110 Å². The summed E-state index contributed by atoms with van der Waals surface area (Å²) in [6, 6.07) is 0. The number of hydrogen-bond donors (Lipinski definition) is 2. The number of allylic oxidation sites excluding steroid dienone is 2. The van der Waals surface area contributed by atoms with Gasteiger partial charge in [-0.15, -0.1) is 0 Å². The lowest BCUT2D eigenvalue weighted by Gasteiger charge is -2.07. The molecule has 1 amide bonds. The van der Waals surface area contributed by atoms with Crippen molar-refractivity contribution in [3.63, 3.8) is 0 Å². The van der Waals surface area contributed by atoms with Crippen LogP contribution in [0.3, 0.4) is 0 Å². The van der Waals surface area contributed by atoms with E-state index in [0.29, 0.717) is 19.6 Å². The second kappa shape index (κ2) is 24.7. The van der Waals surface area contributed by atoms with Gasteiger partial charge in [0, 0.05) is 13.0 Å². The SMILES string of the molecule is CCCCCCCCC=CCCCCCCCC(=O)NCCOCCOC(=O)CCC(=O)O. The van der Waals surface area contributed by atoms with Gasteiger partial charge in [0.1, 0.15) is 6.61 Å². The third kappa shape index (κ3) is 26.2. The van der Waals surface area contributed by atoms with Crippen molar-refractivity contribution < 1.29 is 29.0 Å². The lowest BCUT2D eigenvalue weighted by atomic mass is 10.1. The van der Waals surface area contributed by atoms with Crippen LogP contribution in [0.2, 0.25) is 0 Å². The molecule has 0 aliphatic rings. The molecule has 0 rings (SSSR count). The zero-order chi connectivity index (χ0) is 24.4. The van der Waals surface area contributed by atoms with E-state index in [1.165, 1.54) is 64.2 Å². The van der Waals surface area contributed by atoms with Crippen molar-refractivity contribution >= 4 is 17.8 Å². The molecule has 33 heavy (non-hydrogen) atoms. The molecule has 7 nitrogen and oxygen atoms in total. The summed E-state index contributed by atoms with van der Waals surface area (Å²) in [5, 5.41) is 11.3. The molecule has 0 atom stereocenters. The Hall–Kier alpha value is -1.89. The average molecular weight is 470 g/mol. The van der Waals surface area contributed by atoms with Gasteiger partial charge >= 0.3 is 11.9 Å². The maximum absolute atomic E-state index is 11.8. The van der Waals surface area contributed by atoms with E-state index in [1.807, 2.05) is 0 Å². The fourth-order valence-electron chi connectivity index (χ4n) is 3.30. The molecule has 0 heterocycles. The minimum Gasteiger partial charge on any atom is -0.481 e. The van der Waals surface area contributed by atoms with Crippen LogP contribution in [0.4, 0.5) is 0 Å². The number of esters is 1. The minimum absolute atomic E-state index is 0.0383. The lowest BCUT2D eigenvalue weighted by molar-refractivity contribution is -0.148. The monoisotopic (exact) mass is 469 g/mol.